The van der Waals surface area contributed by atoms with E-state index in [-0.39, 0.29) is 6.10 Å². The molecule has 124 valence electrons. The van der Waals surface area contributed by atoms with Gasteiger partial charge in [-0.1, -0.05) is 54.6 Å². The molecule has 3 atom stereocenters. The zero-order valence-corrected chi connectivity index (χ0v) is 13.9. The van der Waals surface area contributed by atoms with Gasteiger partial charge in [-0.3, -0.25) is 0 Å². The number of rotatable bonds is 4. The van der Waals surface area contributed by atoms with Crippen LogP contribution in [0.2, 0.25) is 0 Å². The van der Waals surface area contributed by atoms with E-state index in [1.807, 2.05) is 54.6 Å². The van der Waals surface area contributed by atoms with Crippen molar-refractivity contribution < 1.29 is 19.1 Å². The lowest BCUT2D eigenvalue weighted by molar-refractivity contribution is -0.174. The van der Waals surface area contributed by atoms with Gasteiger partial charge < -0.3 is 14.8 Å². The van der Waals surface area contributed by atoms with E-state index in [1.54, 1.807) is 6.92 Å². The van der Waals surface area contributed by atoms with Crippen LogP contribution >= 0.6 is 12.6 Å². The summed E-state index contributed by atoms with van der Waals surface area (Å²) in [6.07, 6.45) is -1.04. The molecule has 1 amide bonds. The van der Waals surface area contributed by atoms with Crippen LogP contribution in [0.5, 0.6) is 0 Å². The van der Waals surface area contributed by atoms with Crippen LogP contribution in [0, 0.1) is 0 Å². The van der Waals surface area contributed by atoms with E-state index >= 15 is 0 Å². The first kappa shape index (κ1) is 16.4. The number of carbonyl (C=O) groups is 2. The van der Waals surface area contributed by atoms with Gasteiger partial charge in [0.2, 0.25) is 0 Å². The maximum absolute atomic E-state index is 11.8. The number of cyclic esters (lactones) is 1. The van der Waals surface area contributed by atoms with E-state index in [9.17, 15) is 9.59 Å². The minimum atomic E-state index is -0.721. The van der Waals surface area contributed by atoms with Crippen molar-refractivity contribution in [2.75, 3.05) is 0 Å². The second kappa shape index (κ2) is 6.97. The zero-order valence-electron chi connectivity index (χ0n) is 13.0. The molecule has 0 spiro atoms. The van der Waals surface area contributed by atoms with Gasteiger partial charge in [-0.25, -0.2) is 9.59 Å². The van der Waals surface area contributed by atoms with Gasteiger partial charge in [-0.15, -0.1) is 12.6 Å². The molecule has 24 heavy (non-hydrogen) atoms. The average Bonchev–Trinajstić information content (AvgIpc) is 2.61. The fourth-order valence-corrected chi connectivity index (χ4v) is 2.69. The van der Waals surface area contributed by atoms with Crippen molar-refractivity contribution >= 4 is 24.7 Å². The van der Waals surface area contributed by atoms with Gasteiger partial charge in [0.25, 0.3) is 0 Å². The zero-order chi connectivity index (χ0) is 17.1. The number of thiol groups is 1. The van der Waals surface area contributed by atoms with Crippen molar-refractivity contribution in [3.8, 4) is 11.1 Å². The molecule has 2 aromatic rings. The topological polar surface area (TPSA) is 64.6 Å². The van der Waals surface area contributed by atoms with Crippen LogP contribution in [-0.2, 0) is 14.3 Å². The number of ether oxygens (including phenoxy) is 2. The number of hydrogen-bond acceptors (Lipinski definition) is 5. The Morgan fingerprint density at radius 3 is 2.33 bits per heavy atom. The van der Waals surface area contributed by atoms with Crippen molar-refractivity contribution in [2.45, 2.75) is 24.5 Å². The predicted molar refractivity (Wildman–Crippen MR) is 92.6 cm³/mol. The molecule has 6 heteroatoms. The standard InChI is InChI=1S/C18H17NO4S/c1-11-15(16(20)22-11)19-18(21)23-17(24)14-9-7-13(8-10-14)12-5-3-2-4-6-12/h2-11,15,17,24H,1H3,(H,19,21)/t11-,15+,17?/m0/s1. The second-order valence-corrected chi connectivity index (χ2v) is 5.98. The average molecular weight is 343 g/mol. The van der Waals surface area contributed by atoms with Gasteiger partial charge in [0, 0.05) is 5.56 Å². The molecule has 0 aromatic heterocycles. The minimum Gasteiger partial charge on any atom is -0.458 e. The summed E-state index contributed by atoms with van der Waals surface area (Å²) < 4.78 is 9.96. The van der Waals surface area contributed by atoms with Crippen LogP contribution < -0.4 is 5.32 Å². The predicted octanol–water partition coefficient (Wildman–Crippen LogP) is 3.32. The molecule has 0 bridgehead atoms. The number of alkyl carbamates (subject to hydrolysis) is 1. The van der Waals surface area contributed by atoms with Crippen LogP contribution in [0.15, 0.2) is 54.6 Å². The highest BCUT2D eigenvalue weighted by Gasteiger charge is 2.40. The van der Waals surface area contributed by atoms with E-state index in [1.165, 1.54) is 0 Å². The van der Waals surface area contributed by atoms with Crippen molar-refractivity contribution in [2.24, 2.45) is 0 Å². The van der Waals surface area contributed by atoms with Crippen LogP contribution in [-0.4, -0.2) is 24.2 Å². The van der Waals surface area contributed by atoms with E-state index in [0.717, 1.165) is 16.7 Å². The van der Waals surface area contributed by atoms with Crippen molar-refractivity contribution in [1.82, 2.24) is 5.32 Å². The third-order valence-corrected chi connectivity index (χ3v) is 4.22. The third-order valence-electron chi connectivity index (χ3n) is 3.82. The lowest BCUT2D eigenvalue weighted by atomic mass is 10.0. The molecule has 1 fully saturated rings. The Kier molecular flexibility index (Phi) is 4.76. The Hall–Kier alpha value is -2.47. The summed E-state index contributed by atoms with van der Waals surface area (Å²) in [6.45, 7) is 1.70. The van der Waals surface area contributed by atoms with Crippen LogP contribution in [0.3, 0.4) is 0 Å². The van der Waals surface area contributed by atoms with Gasteiger partial charge in [0.1, 0.15) is 6.10 Å². The number of carbonyl (C=O) groups excluding carboxylic acids is 2. The first-order chi connectivity index (χ1) is 11.5. The molecular weight excluding hydrogens is 326 g/mol. The van der Waals surface area contributed by atoms with E-state index < -0.39 is 23.5 Å². The molecule has 1 unspecified atom stereocenters. The maximum Gasteiger partial charge on any atom is 0.409 e. The Labute approximate surface area is 145 Å². The largest absolute Gasteiger partial charge is 0.458 e. The first-order valence-corrected chi connectivity index (χ1v) is 8.07. The first-order valence-electron chi connectivity index (χ1n) is 7.55. The highest BCUT2D eigenvalue weighted by atomic mass is 32.1. The Balaban J connectivity index is 1.60. The normalized spacial score (nSPS) is 20.5. The number of nitrogens with one attached hydrogen (secondary N) is 1. The molecule has 1 heterocycles. The van der Waals surface area contributed by atoms with E-state index in [4.69, 9.17) is 9.47 Å². The van der Waals surface area contributed by atoms with Gasteiger partial charge in [0.05, 0.1) is 0 Å². The third kappa shape index (κ3) is 3.54. The molecule has 2 aromatic carbocycles. The monoisotopic (exact) mass is 343 g/mol. The highest BCUT2D eigenvalue weighted by Crippen LogP contribution is 2.26. The van der Waals surface area contributed by atoms with E-state index in [0.29, 0.717) is 0 Å². The molecule has 0 aliphatic carbocycles. The SMILES string of the molecule is C[C@@H]1OC(=O)[C@@H]1NC(=O)OC(S)c1ccc(-c2ccccc2)cc1. The van der Waals surface area contributed by atoms with Crippen LogP contribution in [0.1, 0.15) is 17.9 Å². The molecule has 1 saturated heterocycles. The van der Waals surface area contributed by atoms with Crippen LogP contribution in [0.4, 0.5) is 4.79 Å². The quantitative estimate of drug-likeness (QED) is 0.508. The molecule has 1 aliphatic heterocycles. The Bertz CT molecular complexity index is 732. The highest BCUT2D eigenvalue weighted by molar-refractivity contribution is 7.80. The van der Waals surface area contributed by atoms with Gasteiger partial charge in [-0.2, -0.15) is 0 Å². The summed E-state index contributed by atoms with van der Waals surface area (Å²) in [7, 11) is 0. The number of amides is 1. The lowest BCUT2D eigenvalue weighted by Crippen LogP contribution is -2.58. The fraction of sp³-hybridized carbons (Fsp3) is 0.222. The lowest BCUT2D eigenvalue weighted by Gasteiger charge is -2.32. The van der Waals surface area contributed by atoms with Gasteiger partial charge in [0.15, 0.2) is 11.5 Å². The molecule has 0 radical (unpaired) electrons. The van der Waals surface area contributed by atoms with Crippen molar-refractivity contribution in [3.63, 3.8) is 0 Å². The number of benzene rings is 2. The fourth-order valence-electron chi connectivity index (χ4n) is 2.42. The molecular formula is C18H17NO4S. The Morgan fingerprint density at radius 1 is 1.12 bits per heavy atom. The van der Waals surface area contributed by atoms with Crippen LogP contribution in [0.25, 0.3) is 11.1 Å². The smallest absolute Gasteiger partial charge is 0.409 e. The Morgan fingerprint density at radius 2 is 1.75 bits per heavy atom. The molecule has 0 saturated carbocycles. The summed E-state index contributed by atoms with van der Waals surface area (Å²) in [5.41, 5.74) is 2.20. The second-order valence-electron chi connectivity index (χ2n) is 5.51. The summed E-state index contributed by atoms with van der Waals surface area (Å²) in [4.78, 5) is 23.0. The summed E-state index contributed by atoms with van der Waals surface area (Å²) in [6, 6.07) is 16.9. The van der Waals surface area contributed by atoms with E-state index in [2.05, 4.69) is 17.9 Å². The molecule has 5 nitrogen and oxygen atoms in total. The summed E-state index contributed by atoms with van der Waals surface area (Å²) in [5.74, 6) is -0.456. The molecule has 1 aliphatic rings. The molecule has 1 N–H and O–H groups in total. The van der Waals surface area contributed by atoms with Gasteiger partial charge in [-0.05, 0) is 18.1 Å². The van der Waals surface area contributed by atoms with Crippen molar-refractivity contribution in [1.29, 1.82) is 0 Å². The van der Waals surface area contributed by atoms with Gasteiger partial charge >= 0.3 is 12.1 Å². The summed E-state index contributed by atoms with van der Waals surface area (Å²) >= 11 is 4.30. The number of esters is 1. The maximum atomic E-state index is 11.8. The number of hydrogen-bond donors (Lipinski definition) is 2. The minimum absolute atomic E-state index is 0.339. The van der Waals surface area contributed by atoms with Crippen molar-refractivity contribution in [3.05, 3.63) is 60.2 Å². The summed E-state index contributed by atoms with van der Waals surface area (Å²) in [5, 5.41) is 2.47. The molecule has 3 rings (SSSR count).